The second-order valence-electron chi connectivity index (χ2n) is 19.8. The van der Waals surface area contributed by atoms with E-state index >= 15 is 0 Å². The van der Waals surface area contributed by atoms with Gasteiger partial charge in [0.25, 0.3) is 0 Å². The van der Waals surface area contributed by atoms with Gasteiger partial charge in [-0.1, -0.05) is 66.2 Å². The van der Waals surface area contributed by atoms with Gasteiger partial charge in [0.05, 0.1) is 31.6 Å². The van der Waals surface area contributed by atoms with Gasteiger partial charge in [-0.25, -0.2) is 8.42 Å². The molecule has 0 saturated carbocycles. The molecule has 0 saturated heterocycles. The van der Waals surface area contributed by atoms with Gasteiger partial charge in [0.2, 0.25) is 11.6 Å². The number of nitrogens with one attached hydrogen (secondary N) is 1. The Labute approximate surface area is 505 Å². The minimum atomic E-state index is -4.71. The van der Waals surface area contributed by atoms with Gasteiger partial charge in [0.1, 0.15) is 28.2 Å². The second kappa shape index (κ2) is 30.5. The normalized spacial score (nSPS) is 17.1. The van der Waals surface area contributed by atoms with E-state index in [0.717, 1.165) is 85.3 Å². The van der Waals surface area contributed by atoms with Gasteiger partial charge in [-0.3, -0.25) is 19.2 Å². The average Bonchev–Trinajstić information content (AvgIpc) is 3.33. The summed E-state index contributed by atoms with van der Waals surface area (Å²) < 4.78 is 95.6. The van der Waals surface area contributed by atoms with Gasteiger partial charge < -0.3 is 33.7 Å². The molecule has 0 spiro atoms. The van der Waals surface area contributed by atoms with E-state index in [1.54, 1.807) is 18.2 Å². The van der Waals surface area contributed by atoms with E-state index in [-0.39, 0.29) is 106 Å². The van der Waals surface area contributed by atoms with Gasteiger partial charge >= 0.3 is 69.3 Å². The number of rotatable bonds is 23. The van der Waals surface area contributed by atoms with Gasteiger partial charge in [0, 0.05) is 87.1 Å². The molecule has 2 heterocycles. The predicted molar refractivity (Wildman–Crippen MR) is 298 cm³/mol. The molecule has 3 aromatic rings. The summed E-state index contributed by atoms with van der Waals surface area (Å²) >= 11 is 0. The Morgan fingerprint density at radius 2 is 1.39 bits per heavy atom. The summed E-state index contributed by atoms with van der Waals surface area (Å²) in [5.74, 6) is 0.236. The number of methoxy groups -OCH3 is 3. The summed E-state index contributed by atoms with van der Waals surface area (Å²) in [7, 11) is -1.01. The number of aryl methyl sites for hydroxylation is 1. The Bertz CT molecular complexity index is 2890. The number of anilines is 2. The number of carbonyl (C=O) groups is 4. The van der Waals surface area contributed by atoms with Crippen molar-refractivity contribution in [3.8, 4) is 5.75 Å². The van der Waals surface area contributed by atoms with Gasteiger partial charge in [0.15, 0.2) is 5.71 Å². The number of benzene rings is 3. The van der Waals surface area contributed by atoms with E-state index in [9.17, 15) is 32.1 Å². The number of unbranched alkanes of at least 4 members (excludes halogenated alkanes) is 4. The van der Waals surface area contributed by atoms with Crippen molar-refractivity contribution in [1.82, 2.24) is 0 Å². The molecule has 0 aromatic heterocycles. The van der Waals surface area contributed by atoms with Crippen LogP contribution >= 0.6 is 0 Å². The fourth-order valence-electron chi connectivity index (χ4n) is 9.87. The number of ether oxygens (including phenoxy) is 4. The third kappa shape index (κ3) is 17.2. The molecule has 0 unspecified atom stereocenters. The van der Waals surface area contributed by atoms with E-state index in [1.807, 2.05) is 26.0 Å². The van der Waals surface area contributed by atoms with E-state index in [4.69, 9.17) is 27.2 Å². The SMILES string of the molecule is COC(=O)CCCCCN1C(=CC=C2CCCC(C=CC3=[N+](CCCCCC(=O)OC)c4ccc(S(=O)(=O)[O-])cc4C3(C)C)=C2Oc2ccc(NC(=O)CCCC(=O)OC)cc2)C(C)(C)c2cc(C)ccc21.[2H]C.[2H]C([2H])[2H].[2H]C[2H].[K+]. The monoisotopic (exact) mass is 1100 g/mol. The maximum absolute atomic E-state index is 12.7. The third-order valence-electron chi connectivity index (χ3n) is 13.9. The second-order valence-corrected chi connectivity index (χ2v) is 21.1. The van der Waals surface area contributed by atoms with E-state index in [2.05, 4.69) is 78.1 Å². The quantitative estimate of drug-likeness (QED) is 0.0238. The first-order valence-electron chi connectivity index (χ1n) is 29.2. The Morgan fingerprint density at radius 3 is 2.01 bits per heavy atom. The molecule has 14 nitrogen and oxygen atoms in total. The van der Waals surface area contributed by atoms with Crippen LogP contribution < -0.4 is 66.3 Å². The smallest absolute Gasteiger partial charge is 0.744 e. The standard InChI is InChI=1S/C57H71N3O11S.3CH4.K/c1-39-23-31-47-45(37-39)56(2,3)49(59(47)35-13-9-11-20-52(62)68-6)33-24-40-17-15-18-41(55(40)71-43-28-26-42(27-29-43)58-51(61)19-16-22-54(64)70-8)25-34-50-57(4,5)46-38-44(72(65,66)67)30-32-48(46)60(50)36-14-10-12-21-53(63)69-7;;;;/h23-34,37-38H,9-22,35-36H2,1-8H3,(H-,58,61,65,66,67);3*1H4;/q;;;;+1/i;1D3;1D2;1D;. The number of fused-ring (bicyclic) bond motifs is 2. The molecule has 0 bridgehead atoms. The van der Waals surface area contributed by atoms with Crippen molar-refractivity contribution < 1.29 is 115 Å². The molecule has 16 heteroatoms. The van der Waals surface area contributed by atoms with Crippen molar-refractivity contribution in [3.63, 3.8) is 0 Å². The summed E-state index contributed by atoms with van der Waals surface area (Å²) in [4.78, 5) is 50.2. The Balaban J connectivity index is 0.00000215. The van der Waals surface area contributed by atoms with Gasteiger partial charge in [-0.2, -0.15) is 4.58 Å². The number of hydrogen-bond donors (Lipinski definition) is 1. The van der Waals surface area contributed by atoms with Crippen molar-refractivity contribution in [1.29, 1.82) is 0 Å². The minimum Gasteiger partial charge on any atom is -0.744 e. The number of carbonyl (C=O) groups excluding carboxylic acids is 4. The maximum Gasteiger partial charge on any atom is 1.00 e. The van der Waals surface area contributed by atoms with Crippen LogP contribution in [0.15, 0.2) is 112 Å². The van der Waals surface area contributed by atoms with Crippen LogP contribution in [0.2, 0.25) is 0 Å². The van der Waals surface area contributed by atoms with Crippen molar-refractivity contribution >= 4 is 56.7 Å². The molecule has 76 heavy (non-hydrogen) atoms. The van der Waals surface area contributed by atoms with Gasteiger partial charge in [-0.05, 0) is 143 Å². The predicted octanol–water partition coefficient (Wildman–Crippen LogP) is 9.62. The molecular formula is C60H83KN3O11S+. The first-order valence-corrected chi connectivity index (χ1v) is 26.4. The molecule has 1 aliphatic carbocycles. The Hall–Kier alpha value is -4.68. The van der Waals surface area contributed by atoms with Crippen LogP contribution in [0.4, 0.5) is 17.1 Å². The molecule has 6 rings (SSSR count). The zero-order chi connectivity index (χ0) is 60.5. The van der Waals surface area contributed by atoms with Crippen LogP contribution in [0.5, 0.6) is 5.75 Å². The summed E-state index contributed by atoms with van der Waals surface area (Å²) in [5, 5.41) is 2.90. The molecule has 0 fully saturated rings. The minimum absolute atomic E-state index is 0. The Kier molecular flexibility index (Phi) is 23.0. The average molecular weight is 1100 g/mol. The van der Waals surface area contributed by atoms with Crippen LogP contribution in [0, 0.1) is 6.92 Å². The van der Waals surface area contributed by atoms with E-state index < -0.39 is 22.9 Å². The number of nitrogens with zero attached hydrogens (tertiary/aromatic N) is 2. The summed E-state index contributed by atoms with van der Waals surface area (Å²) in [6, 6.07) is 18.4. The number of allylic oxidation sites excluding steroid dienone is 7. The van der Waals surface area contributed by atoms with E-state index in [0.29, 0.717) is 55.8 Å². The molecule has 410 valence electrons. The third-order valence-corrected chi connectivity index (χ3v) is 14.7. The van der Waals surface area contributed by atoms with Crippen LogP contribution in [0.25, 0.3) is 0 Å². The van der Waals surface area contributed by atoms with Crippen LogP contribution in [-0.4, -0.2) is 81.5 Å². The summed E-state index contributed by atoms with van der Waals surface area (Å²) in [6.45, 7) is 12.1. The fourth-order valence-corrected chi connectivity index (χ4v) is 10.4. The summed E-state index contributed by atoms with van der Waals surface area (Å²) in [6.07, 6.45) is 17.0. The molecule has 2 aliphatic heterocycles. The van der Waals surface area contributed by atoms with Crippen LogP contribution in [0.1, 0.15) is 165 Å². The number of amides is 1. The van der Waals surface area contributed by atoms with Crippen LogP contribution in [-0.2, 0) is 54.3 Å². The fraction of sp³-hybridized carbons (Fsp3) is 0.483. The van der Waals surface area contributed by atoms with Crippen molar-refractivity contribution in [3.05, 3.63) is 124 Å². The molecule has 0 radical (unpaired) electrons. The molecular weight excluding hydrogens is 1010 g/mol. The zero-order valence-electron chi connectivity index (χ0n) is 52.5. The molecule has 1 N–H and O–H groups in total. The molecule has 3 aromatic carbocycles. The zero-order valence-corrected chi connectivity index (χ0v) is 50.4. The summed E-state index contributed by atoms with van der Waals surface area (Å²) in [5.41, 5.74) is 8.77. The molecule has 3 aliphatic rings. The van der Waals surface area contributed by atoms with Crippen LogP contribution in [0.3, 0.4) is 0 Å². The van der Waals surface area contributed by atoms with Gasteiger partial charge in [-0.15, -0.1) is 0 Å². The number of esters is 3. The van der Waals surface area contributed by atoms with Crippen molar-refractivity contribution in [2.24, 2.45) is 0 Å². The topological polar surface area (TPSA) is 181 Å². The molecule has 0 atom stereocenters. The first-order chi connectivity index (χ1) is 38.4. The van der Waals surface area contributed by atoms with Crippen molar-refractivity contribution in [2.75, 3.05) is 44.6 Å². The van der Waals surface area contributed by atoms with E-state index in [1.165, 1.54) is 57.7 Å². The first kappa shape index (κ1) is 57.5. The molecule has 1 amide bonds. The Morgan fingerprint density at radius 1 is 0.776 bits per heavy atom. The number of hydrogen-bond acceptors (Lipinski definition) is 12. The maximum atomic E-state index is 12.7. The van der Waals surface area contributed by atoms with Crippen molar-refractivity contribution in [2.45, 2.75) is 162 Å². The largest absolute Gasteiger partial charge is 1.00 e.